The van der Waals surface area contributed by atoms with E-state index in [2.05, 4.69) is 9.97 Å². The molecule has 0 amide bonds. The van der Waals surface area contributed by atoms with E-state index in [1.807, 2.05) is 13.1 Å². The normalized spacial score (nSPS) is 17.0. The highest BCUT2D eigenvalue weighted by Gasteiger charge is 2.55. The van der Waals surface area contributed by atoms with Crippen LogP contribution >= 0.6 is 0 Å². The largest absolute Gasteiger partial charge is 0.290 e. The van der Waals surface area contributed by atoms with Crippen molar-refractivity contribution in [3.8, 4) is 5.82 Å². The van der Waals surface area contributed by atoms with E-state index in [0.717, 1.165) is 24.1 Å². The van der Waals surface area contributed by atoms with Crippen LogP contribution in [0.2, 0.25) is 0 Å². The molecule has 0 saturated heterocycles. The molecule has 0 N–H and O–H groups in total. The molecule has 2 aromatic heterocycles. The van der Waals surface area contributed by atoms with Crippen molar-refractivity contribution in [2.75, 3.05) is 10.8 Å². The molecular formula is C21H21FN4O2S. The molecule has 0 bridgehead atoms. The van der Waals surface area contributed by atoms with Gasteiger partial charge < -0.3 is 0 Å². The van der Waals surface area contributed by atoms with Crippen molar-refractivity contribution in [2.45, 2.75) is 43.9 Å². The van der Waals surface area contributed by atoms with Crippen LogP contribution < -0.4 is 4.31 Å². The lowest BCUT2D eigenvalue weighted by atomic mass is 9.97. The summed E-state index contributed by atoms with van der Waals surface area (Å²) < 4.78 is 44.4. The van der Waals surface area contributed by atoms with Gasteiger partial charge in [-0.2, -0.15) is 0 Å². The number of rotatable bonds is 3. The fourth-order valence-electron chi connectivity index (χ4n) is 4.30. The third-order valence-electron chi connectivity index (χ3n) is 5.98. The van der Waals surface area contributed by atoms with Gasteiger partial charge in [0.1, 0.15) is 22.9 Å². The molecule has 1 aliphatic carbocycles. The van der Waals surface area contributed by atoms with Crippen LogP contribution in [-0.2, 0) is 15.4 Å². The molecule has 29 heavy (non-hydrogen) atoms. The Kier molecular flexibility index (Phi) is 3.71. The number of hydrogen-bond donors (Lipinski definition) is 0. The fraction of sp³-hybridized carbons (Fsp3) is 0.333. The minimum atomic E-state index is -3.82. The molecule has 8 heteroatoms. The highest BCUT2D eigenvalue weighted by molar-refractivity contribution is 7.93. The molecule has 1 aliphatic heterocycles. The summed E-state index contributed by atoms with van der Waals surface area (Å²) in [5.41, 5.74) is 3.30. The number of fused-ring (bicyclic) bond motifs is 2. The molecule has 6 nitrogen and oxygen atoms in total. The lowest BCUT2D eigenvalue weighted by Gasteiger charge is -2.22. The quantitative estimate of drug-likeness (QED) is 0.660. The third kappa shape index (κ3) is 2.69. The van der Waals surface area contributed by atoms with Crippen molar-refractivity contribution < 1.29 is 12.8 Å². The van der Waals surface area contributed by atoms with Gasteiger partial charge in [0.25, 0.3) is 10.0 Å². The van der Waals surface area contributed by atoms with E-state index < -0.39 is 10.0 Å². The molecule has 2 aliphatic rings. The number of anilines is 1. The fourth-order valence-corrected chi connectivity index (χ4v) is 6.09. The summed E-state index contributed by atoms with van der Waals surface area (Å²) in [6, 6.07) is 4.65. The van der Waals surface area contributed by atoms with Crippen LogP contribution in [0, 0.1) is 26.6 Å². The Labute approximate surface area is 169 Å². The number of nitrogens with zero attached hydrogens (tertiary/aromatic N) is 4. The van der Waals surface area contributed by atoms with Crippen LogP contribution in [0.5, 0.6) is 0 Å². The van der Waals surface area contributed by atoms with E-state index >= 15 is 0 Å². The van der Waals surface area contributed by atoms with E-state index in [4.69, 9.17) is 0 Å². The number of sulfonamides is 1. The average molecular weight is 412 g/mol. The van der Waals surface area contributed by atoms with Crippen molar-refractivity contribution in [1.29, 1.82) is 0 Å². The van der Waals surface area contributed by atoms with Gasteiger partial charge in [-0.15, -0.1) is 0 Å². The predicted molar refractivity (Wildman–Crippen MR) is 107 cm³/mol. The van der Waals surface area contributed by atoms with E-state index in [1.165, 1.54) is 22.6 Å². The monoisotopic (exact) mass is 412 g/mol. The van der Waals surface area contributed by atoms with Crippen LogP contribution in [0.4, 0.5) is 10.1 Å². The summed E-state index contributed by atoms with van der Waals surface area (Å²) in [6.07, 6.45) is 6.65. The molecule has 0 radical (unpaired) electrons. The second-order valence-electron chi connectivity index (χ2n) is 8.14. The van der Waals surface area contributed by atoms with Crippen molar-refractivity contribution in [3.05, 3.63) is 65.1 Å². The molecule has 150 valence electrons. The number of aryl methyl sites for hydroxylation is 3. The second-order valence-corrected chi connectivity index (χ2v) is 9.97. The number of halogens is 1. The van der Waals surface area contributed by atoms with E-state index in [-0.39, 0.29) is 16.1 Å². The first-order chi connectivity index (χ1) is 13.7. The summed E-state index contributed by atoms with van der Waals surface area (Å²) in [5, 5.41) is 0. The summed E-state index contributed by atoms with van der Waals surface area (Å²) >= 11 is 0. The average Bonchev–Trinajstić information content (AvgIpc) is 3.18. The first-order valence-electron chi connectivity index (χ1n) is 9.52. The van der Waals surface area contributed by atoms with E-state index in [1.54, 1.807) is 30.8 Å². The smallest absolute Gasteiger partial charge is 0.266 e. The Hall–Kier alpha value is -2.74. The van der Waals surface area contributed by atoms with Crippen molar-refractivity contribution in [3.63, 3.8) is 0 Å². The Morgan fingerprint density at radius 2 is 1.83 bits per heavy atom. The molecular weight excluding hydrogens is 391 g/mol. The molecule has 1 aromatic carbocycles. The van der Waals surface area contributed by atoms with Gasteiger partial charge in [-0.1, -0.05) is 0 Å². The molecule has 0 unspecified atom stereocenters. The van der Waals surface area contributed by atoms with Gasteiger partial charge in [0.15, 0.2) is 0 Å². The molecule has 3 heterocycles. The van der Waals surface area contributed by atoms with Crippen LogP contribution in [-0.4, -0.2) is 29.5 Å². The van der Waals surface area contributed by atoms with E-state index in [9.17, 15) is 12.8 Å². The number of hydrogen-bond acceptors (Lipinski definition) is 4. The molecule has 1 spiro atoms. The van der Waals surface area contributed by atoms with Crippen LogP contribution in [0.25, 0.3) is 5.82 Å². The highest BCUT2D eigenvalue weighted by Crippen LogP contribution is 2.58. The first-order valence-corrected chi connectivity index (χ1v) is 11.0. The topological polar surface area (TPSA) is 68.1 Å². The maximum Gasteiger partial charge on any atom is 0.266 e. The van der Waals surface area contributed by atoms with E-state index in [0.29, 0.717) is 29.2 Å². The number of imidazole rings is 1. The van der Waals surface area contributed by atoms with Gasteiger partial charge >= 0.3 is 0 Å². The standard InChI is InChI=1S/C21H21FN4O2S/c1-13-7-19(25-10-15(3)24-12-25)23-9-18(13)29(27,28)26-11-21(4-5-21)17-8-16(22)6-14(2)20(17)26/h6-10,12H,4-5,11H2,1-3H3. The predicted octanol–water partition coefficient (Wildman–Crippen LogP) is 3.57. The Morgan fingerprint density at radius 3 is 2.45 bits per heavy atom. The van der Waals surface area contributed by atoms with Crippen LogP contribution in [0.3, 0.4) is 0 Å². The van der Waals surface area contributed by atoms with Crippen molar-refractivity contribution in [2.24, 2.45) is 0 Å². The van der Waals surface area contributed by atoms with Crippen molar-refractivity contribution >= 4 is 15.7 Å². The number of aromatic nitrogens is 3. The van der Waals surface area contributed by atoms with Gasteiger partial charge in [-0.25, -0.2) is 22.8 Å². The lowest BCUT2D eigenvalue weighted by Crippen LogP contribution is -2.32. The maximum atomic E-state index is 14.0. The molecule has 0 atom stereocenters. The maximum absolute atomic E-state index is 14.0. The lowest BCUT2D eigenvalue weighted by molar-refractivity contribution is 0.587. The third-order valence-corrected chi connectivity index (χ3v) is 7.85. The van der Waals surface area contributed by atoms with Gasteiger partial charge in [0, 0.05) is 18.2 Å². The Bertz CT molecular complexity index is 1260. The van der Waals surface area contributed by atoms with Gasteiger partial charge in [0.05, 0.1) is 17.6 Å². The Balaban J connectivity index is 1.60. The Morgan fingerprint density at radius 1 is 1.07 bits per heavy atom. The minimum Gasteiger partial charge on any atom is -0.290 e. The minimum absolute atomic E-state index is 0.172. The van der Waals surface area contributed by atoms with Crippen LogP contribution in [0.1, 0.15) is 35.2 Å². The summed E-state index contributed by atoms with van der Waals surface area (Å²) in [5.74, 6) is 0.297. The molecule has 3 aromatic rings. The molecule has 1 saturated carbocycles. The zero-order chi connectivity index (χ0) is 20.6. The second kappa shape index (κ2) is 5.89. The number of benzene rings is 1. The first kappa shape index (κ1) is 18.3. The van der Waals surface area contributed by atoms with Gasteiger partial charge in [0.2, 0.25) is 0 Å². The summed E-state index contributed by atoms with van der Waals surface area (Å²) in [4.78, 5) is 8.72. The zero-order valence-corrected chi connectivity index (χ0v) is 17.3. The highest BCUT2D eigenvalue weighted by atomic mass is 32.2. The molecule has 1 fully saturated rings. The zero-order valence-electron chi connectivity index (χ0n) is 16.5. The van der Waals surface area contributed by atoms with Crippen LogP contribution in [0.15, 0.2) is 41.8 Å². The van der Waals surface area contributed by atoms with Gasteiger partial charge in [-0.3, -0.25) is 8.87 Å². The summed E-state index contributed by atoms with van der Waals surface area (Å²) in [6.45, 7) is 5.77. The summed E-state index contributed by atoms with van der Waals surface area (Å²) in [7, 11) is -3.82. The number of pyridine rings is 1. The SMILES string of the molecule is Cc1cn(-c2cc(C)c(S(=O)(=O)N3CC4(CC4)c4cc(F)cc(C)c43)cn2)cn1. The molecule has 5 rings (SSSR count). The van der Waals surface area contributed by atoms with Gasteiger partial charge in [-0.05, 0) is 68.5 Å². The van der Waals surface area contributed by atoms with Crippen molar-refractivity contribution in [1.82, 2.24) is 14.5 Å².